The van der Waals surface area contributed by atoms with Gasteiger partial charge in [0, 0.05) is 7.11 Å². The van der Waals surface area contributed by atoms with Gasteiger partial charge < -0.3 is 15.6 Å². The molecule has 1 aromatic heterocycles. The van der Waals surface area contributed by atoms with Gasteiger partial charge in [0.2, 0.25) is 0 Å². The Balaban J connectivity index is 3.15. The SMILES string of the molecule is COC(C)(C)c1nc(C(=O)O)c(N)s1. The maximum atomic E-state index is 10.7. The minimum Gasteiger partial charge on any atom is -0.476 e. The topological polar surface area (TPSA) is 85.4 Å². The predicted molar refractivity (Wildman–Crippen MR) is 53.5 cm³/mol. The molecule has 1 heterocycles. The summed E-state index contributed by atoms with van der Waals surface area (Å²) in [5.74, 6) is -1.11. The number of carbonyl (C=O) groups is 1. The summed E-state index contributed by atoms with van der Waals surface area (Å²) in [5.41, 5.74) is 4.81. The van der Waals surface area contributed by atoms with Gasteiger partial charge in [-0.2, -0.15) is 0 Å². The first kappa shape index (κ1) is 10.9. The number of anilines is 1. The lowest BCUT2D eigenvalue weighted by molar-refractivity contribution is 0.0189. The number of carboxylic acid groups (broad SMARTS) is 1. The molecule has 3 N–H and O–H groups in total. The van der Waals surface area contributed by atoms with E-state index in [1.54, 1.807) is 13.8 Å². The third-order valence-electron chi connectivity index (χ3n) is 1.88. The molecular weight excluding hydrogens is 204 g/mol. The van der Waals surface area contributed by atoms with Gasteiger partial charge in [0.25, 0.3) is 0 Å². The number of nitrogens with zero attached hydrogens (tertiary/aromatic N) is 1. The fourth-order valence-corrected chi connectivity index (χ4v) is 1.73. The molecule has 0 aliphatic heterocycles. The minimum absolute atomic E-state index is 0.102. The molecule has 0 bridgehead atoms. The number of aromatic carboxylic acids is 1. The van der Waals surface area contributed by atoms with Crippen LogP contribution in [-0.4, -0.2) is 23.2 Å². The molecule has 0 aromatic carbocycles. The van der Waals surface area contributed by atoms with Gasteiger partial charge in [-0.05, 0) is 13.8 Å². The van der Waals surface area contributed by atoms with Gasteiger partial charge in [-0.3, -0.25) is 0 Å². The fraction of sp³-hybridized carbons (Fsp3) is 0.500. The lowest BCUT2D eigenvalue weighted by Crippen LogP contribution is -2.19. The molecule has 0 aliphatic rings. The summed E-state index contributed by atoms with van der Waals surface area (Å²) in [4.78, 5) is 14.6. The van der Waals surface area contributed by atoms with Crippen molar-refractivity contribution in [3.63, 3.8) is 0 Å². The van der Waals surface area contributed by atoms with Crippen molar-refractivity contribution < 1.29 is 14.6 Å². The number of carboxylic acids is 1. The van der Waals surface area contributed by atoms with Gasteiger partial charge in [0.15, 0.2) is 5.69 Å². The van der Waals surface area contributed by atoms with E-state index in [0.29, 0.717) is 5.01 Å². The van der Waals surface area contributed by atoms with E-state index in [4.69, 9.17) is 15.6 Å². The van der Waals surface area contributed by atoms with Crippen LogP contribution in [0.5, 0.6) is 0 Å². The van der Waals surface area contributed by atoms with Gasteiger partial charge in [-0.25, -0.2) is 9.78 Å². The summed E-state index contributed by atoms with van der Waals surface area (Å²) in [6.07, 6.45) is 0. The Morgan fingerprint density at radius 3 is 2.57 bits per heavy atom. The van der Waals surface area contributed by atoms with Crippen LogP contribution >= 0.6 is 11.3 Å². The van der Waals surface area contributed by atoms with Crippen molar-refractivity contribution in [3.05, 3.63) is 10.7 Å². The van der Waals surface area contributed by atoms with E-state index >= 15 is 0 Å². The maximum absolute atomic E-state index is 10.7. The Labute approximate surface area is 85.5 Å². The summed E-state index contributed by atoms with van der Waals surface area (Å²) >= 11 is 1.14. The zero-order valence-electron chi connectivity index (χ0n) is 8.20. The zero-order chi connectivity index (χ0) is 10.9. The van der Waals surface area contributed by atoms with Gasteiger partial charge in [0.05, 0.1) is 0 Å². The first-order chi connectivity index (χ1) is 6.38. The zero-order valence-corrected chi connectivity index (χ0v) is 9.01. The molecular formula is C8H12N2O3S. The molecule has 0 unspecified atom stereocenters. The number of nitrogen functional groups attached to an aromatic ring is 1. The Morgan fingerprint density at radius 2 is 2.21 bits per heavy atom. The normalized spacial score (nSPS) is 11.6. The summed E-state index contributed by atoms with van der Waals surface area (Å²) in [5, 5.41) is 9.51. The van der Waals surface area contributed by atoms with Gasteiger partial charge in [0.1, 0.15) is 15.6 Å². The Hall–Kier alpha value is -1.14. The largest absolute Gasteiger partial charge is 0.476 e. The molecule has 1 aromatic rings. The Kier molecular flexibility index (Phi) is 2.77. The lowest BCUT2D eigenvalue weighted by Gasteiger charge is -2.19. The second kappa shape index (κ2) is 3.55. The minimum atomic E-state index is -1.11. The van der Waals surface area contributed by atoms with E-state index in [1.165, 1.54) is 7.11 Å². The molecule has 0 saturated heterocycles. The molecule has 6 heteroatoms. The van der Waals surface area contributed by atoms with Crippen LogP contribution in [0.3, 0.4) is 0 Å². The van der Waals surface area contributed by atoms with Crippen molar-refractivity contribution in [2.24, 2.45) is 0 Å². The first-order valence-electron chi connectivity index (χ1n) is 3.93. The number of aromatic nitrogens is 1. The highest BCUT2D eigenvalue weighted by atomic mass is 32.1. The quantitative estimate of drug-likeness (QED) is 0.795. The van der Waals surface area contributed by atoms with Gasteiger partial charge >= 0.3 is 5.97 Å². The Bertz CT molecular complexity index is 359. The number of thiazole rings is 1. The molecule has 78 valence electrons. The van der Waals surface area contributed by atoms with Crippen LogP contribution in [0.15, 0.2) is 0 Å². The highest BCUT2D eigenvalue weighted by molar-refractivity contribution is 7.16. The standard InChI is InChI=1S/C8H12N2O3S/c1-8(2,13-3)7-10-4(6(11)12)5(9)14-7/h9H2,1-3H3,(H,11,12). The molecule has 5 nitrogen and oxygen atoms in total. The van der Waals surface area contributed by atoms with Crippen molar-refractivity contribution in [2.45, 2.75) is 19.4 Å². The number of nitrogens with two attached hydrogens (primary N) is 1. The number of hydrogen-bond donors (Lipinski definition) is 2. The van der Waals surface area contributed by atoms with E-state index in [2.05, 4.69) is 4.98 Å². The van der Waals surface area contributed by atoms with Crippen LogP contribution in [0.4, 0.5) is 5.00 Å². The smallest absolute Gasteiger partial charge is 0.357 e. The van der Waals surface area contributed by atoms with Crippen LogP contribution in [0.25, 0.3) is 0 Å². The van der Waals surface area contributed by atoms with Crippen LogP contribution in [0.1, 0.15) is 29.3 Å². The molecule has 0 amide bonds. The summed E-state index contributed by atoms with van der Waals surface area (Å²) in [7, 11) is 1.54. The van der Waals surface area contributed by atoms with Gasteiger partial charge in [-0.15, -0.1) is 0 Å². The van der Waals surface area contributed by atoms with Crippen molar-refractivity contribution in [3.8, 4) is 0 Å². The number of rotatable bonds is 3. The molecule has 1 rings (SSSR count). The monoisotopic (exact) mass is 216 g/mol. The second-order valence-electron chi connectivity index (χ2n) is 3.25. The highest BCUT2D eigenvalue weighted by Crippen LogP contribution is 2.31. The van der Waals surface area contributed by atoms with E-state index in [0.717, 1.165) is 11.3 Å². The van der Waals surface area contributed by atoms with E-state index in [-0.39, 0.29) is 10.7 Å². The summed E-state index contributed by atoms with van der Waals surface area (Å²) < 4.78 is 5.17. The first-order valence-corrected chi connectivity index (χ1v) is 4.75. The number of hydrogen-bond acceptors (Lipinski definition) is 5. The molecule has 0 fully saturated rings. The van der Waals surface area contributed by atoms with E-state index < -0.39 is 11.6 Å². The van der Waals surface area contributed by atoms with Gasteiger partial charge in [-0.1, -0.05) is 11.3 Å². The fourth-order valence-electron chi connectivity index (χ4n) is 0.830. The van der Waals surface area contributed by atoms with Crippen molar-refractivity contribution >= 4 is 22.3 Å². The summed E-state index contributed by atoms with van der Waals surface area (Å²) in [6, 6.07) is 0. The third kappa shape index (κ3) is 1.85. The average Bonchev–Trinajstić information content (AvgIpc) is 2.48. The summed E-state index contributed by atoms with van der Waals surface area (Å²) in [6.45, 7) is 3.60. The van der Waals surface area contributed by atoms with Crippen LogP contribution in [0.2, 0.25) is 0 Å². The number of ether oxygens (including phenoxy) is 1. The second-order valence-corrected chi connectivity index (χ2v) is 4.28. The highest BCUT2D eigenvalue weighted by Gasteiger charge is 2.27. The number of methoxy groups -OCH3 is 1. The van der Waals surface area contributed by atoms with Crippen molar-refractivity contribution in [2.75, 3.05) is 12.8 Å². The molecule has 14 heavy (non-hydrogen) atoms. The lowest BCUT2D eigenvalue weighted by atomic mass is 10.1. The van der Waals surface area contributed by atoms with Crippen molar-refractivity contribution in [1.82, 2.24) is 4.98 Å². The maximum Gasteiger partial charge on any atom is 0.357 e. The molecule has 0 spiro atoms. The van der Waals surface area contributed by atoms with Crippen LogP contribution in [-0.2, 0) is 10.3 Å². The average molecular weight is 216 g/mol. The van der Waals surface area contributed by atoms with Crippen LogP contribution in [0, 0.1) is 0 Å². The van der Waals surface area contributed by atoms with Crippen LogP contribution < -0.4 is 5.73 Å². The molecule has 0 atom stereocenters. The molecule has 0 saturated carbocycles. The van der Waals surface area contributed by atoms with E-state index in [9.17, 15) is 4.79 Å². The third-order valence-corrected chi connectivity index (χ3v) is 3.07. The Morgan fingerprint density at radius 1 is 1.64 bits per heavy atom. The predicted octanol–water partition coefficient (Wildman–Crippen LogP) is 1.30. The molecule has 0 radical (unpaired) electrons. The van der Waals surface area contributed by atoms with E-state index in [1.807, 2.05) is 0 Å². The van der Waals surface area contributed by atoms with Crippen molar-refractivity contribution in [1.29, 1.82) is 0 Å². The molecule has 0 aliphatic carbocycles.